The minimum absolute atomic E-state index is 0.0155. The number of likely N-dealkylation sites (N-methyl/N-ethyl adjacent to an activating group) is 1. The first-order valence-electron chi connectivity index (χ1n) is 7.26. The van der Waals surface area contributed by atoms with E-state index in [2.05, 4.69) is 5.32 Å². The van der Waals surface area contributed by atoms with Gasteiger partial charge in [0.25, 0.3) is 0 Å². The first-order valence-corrected chi connectivity index (χ1v) is 8.70. The predicted octanol–water partition coefficient (Wildman–Crippen LogP) is 1.15. The van der Waals surface area contributed by atoms with Crippen LogP contribution in [0.15, 0.2) is 23.1 Å². The van der Waals surface area contributed by atoms with Crippen molar-refractivity contribution in [1.29, 1.82) is 0 Å². The van der Waals surface area contributed by atoms with Crippen molar-refractivity contribution in [3.8, 4) is 0 Å². The fourth-order valence-electron chi connectivity index (χ4n) is 2.67. The zero-order chi connectivity index (χ0) is 16.3. The van der Waals surface area contributed by atoms with E-state index in [0.29, 0.717) is 13.1 Å². The highest BCUT2D eigenvalue weighted by atomic mass is 32.2. The van der Waals surface area contributed by atoms with Gasteiger partial charge in [0.05, 0.1) is 17.6 Å². The van der Waals surface area contributed by atoms with Gasteiger partial charge in [0, 0.05) is 19.1 Å². The molecule has 1 aliphatic rings. The Kier molecular flexibility index (Phi) is 5.20. The number of carbonyl (C=O) groups is 1. The van der Waals surface area contributed by atoms with E-state index in [1.807, 2.05) is 7.05 Å². The number of esters is 1. The Hall–Kier alpha value is -1.44. The van der Waals surface area contributed by atoms with Crippen LogP contribution in [-0.2, 0) is 14.8 Å². The molecule has 1 unspecified atom stereocenters. The van der Waals surface area contributed by atoms with Crippen molar-refractivity contribution >= 4 is 16.0 Å². The summed E-state index contributed by atoms with van der Waals surface area (Å²) >= 11 is 0. The van der Waals surface area contributed by atoms with E-state index < -0.39 is 16.0 Å². The Morgan fingerprint density at radius 3 is 2.77 bits per heavy atom. The number of nitrogens with zero attached hydrogens (tertiary/aromatic N) is 1. The summed E-state index contributed by atoms with van der Waals surface area (Å²) < 4.78 is 31.9. The Morgan fingerprint density at radius 2 is 2.14 bits per heavy atom. The van der Waals surface area contributed by atoms with Gasteiger partial charge in [-0.05, 0) is 38.9 Å². The van der Waals surface area contributed by atoms with Crippen LogP contribution in [0.25, 0.3) is 0 Å². The van der Waals surface area contributed by atoms with Crippen molar-refractivity contribution in [3.63, 3.8) is 0 Å². The number of hydrogen-bond acceptors (Lipinski definition) is 5. The van der Waals surface area contributed by atoms with Gasteiger partial charge in [0.15, 0.2) is 0 Å². The van der Waals surface area contributed by atoms with Crippen LogP contribution in [0.4, 0.5) is 0 Å². The van der Waals surface area contributed by atoms with Crippen molar-refractivity contribution in [2.24, 2.45) is 0 Å². The number of hydrogen-bond donors (Lipinski definition) is 1. The maximum atomic E-state index is 12.9. The van der Waals surface area contributed by atoms with Gasteiger partial charge in [-0.25, -0.2) is 13.2 Å². The first-order chi connectivity index (χ1) is 10.4. The molecule has 1 fully saturated rings. The van der Waals surface area contributed by atoms with E-state index in [-0.39, 0.29) is 16.5 Å². The lowest BCUT2D eigenvalue weighted by Crippen LogP contribution is -2.47. The Balaban J connectivity index is 2.43. The highest BCUT2D eigenvalue weighted by Crippen LogP contribution is 2.25. The smallest absolute Gasteiger partial charge is 0.339 e. The summed E-state index contributed by atoms with van der Waals surface area (Å²) in [6, 6.07) is 4.87. The number of rotatable bonds is 4. The van der Waals surface area contributed by atoms with Crippen molar-refractivity contribution in [2.45, 2.75) is 30.7 Å². The quantitative estimate of drug-likeness (QED) is 0.840. The molecule has 1 atom stereocenters. The fraction of sp³-hybridized carbons (Fsp3) is 0.533. The molecule has 1 saturated heterocycles. The molecule has 0 amide bonds. The molecule has 6 nitrogen and oxygen atoms in total. The van der Waals surface area contributed by atoms with Crippen molar-refractivity contribution in [2.75, 3.05) is 27.2 Å². The number of aryl methyl sites for hydroxylation is 1. The minimum Gasteiger partial charge on any atom is -0.465 e. The van der Waals surface area contributed by atoms with Gasteiger partial charge in [-0.1, -0.05) is 11.6 Å². The van der Waals surface area contributed by atoms with Gasteiger partial charge in [-0.2, -0.15) is 4.31 Å². The number of benzene rings is 1. The number of sulfonamides is 1. The van der Waals surface area contributed by atoms with Gasteiger partial charge in [0.2, 0.25) is 10.0 Å². The molecule has 0 saturated carbocycles. The van der Waals surface area contributed by atoms with Crippen LogP contribution >= 0.6 is 0 Å². The van der Waals surface area contributed by atoms with Crippen LogP contribution in [0.1, 0.15) is 28.8 Å². The van der Waals surface area contributed by atoms with Crippen molar-refractivity contribution in [1.82, 2.24) is 9.62 Å². The second kappa shape index (κ2) is 6.76. The molecule has 0 bridgehead atoms. The first kappa shape index (κ1) is 16.9. The van der Waals surface area contributed by atoms with Crippen LogP contribution in [0.3, 0.4) is 0 Å². The molecule has 7 heteroatoms. The van der Waals surface area contributed by atoms with Crippen molar-refractivity contribution < 1.29 is 17.9 Å². The van der Waals surface area contributed by atoms with Crippen LogP contribution in [-0.4, -0.2) is 52.0 Å². The second-order valence-electron chi connectivity index (χ2n) is 5.48. The average molecular weight is 326 g/mol. The fourth-order valence-corrected chi connectivity index (χ4v) is 4.36. The summed E-state index contributed by atoms with van der Waals surface area (Å²) in [6.45, 7) is 2.68. The minimum atomic E-state index is -3.72. The van der Waals surface area contributed by atoms with Crippen molar-refractivity contribution in [3.05, 3.63) is 29.3 Å². The highest BCUT2D eigenvalue weighted by molar-refractivity contribution is 7.89. The molecular formula is C15H22N2O4S. The molecule has 1 heterocycles. The van der Waals surface area contributed by atoms with Gasteiger partial charge in [-0.3, -0.25) is 0 Å². The van der Waals surface area contributed by atoms with Crippen LogP contribution < -0.4 is 5.32 Å². The van der Waals surface area contributed by atoms with E-state index in [9.17, 15) is 13.2 Å². The van der Waals surface area contributed by atoms with E-state index in [1.165, 1.54) is 17.5 Å². The third kappa shape index (κ3) is 3.31. The summed E-state index contributed by atoms with van der Waals surface area (Å²) in [7, 11) is -0.640. The molecule has 1 aromatic carbocycles. The molecule has 0 aromatic heterocycles. The number of ether oxygens (including phenoxy) is 1. The normalized spacial score (nSPS) is 19.9. The SMILES string of the molecule is CNC1CCCN(S(=O)(=O)c2ccc(C)cc2C(=O)OC)C1. The summed E-state index contributed by atoms with van der Waals surface area (Å²) in [4.78, 5) is 11.9. The van der Waals surface area contributed by atoms with Gasteiger partial charge in [-0.15, -0.1) is 0 Å². The second-order valence-corrected chi connectivity index (χ2v) is 7.39. The predicted molar refractivity (Wildman–Crippen MR) is 83.4 cm³/mol. The lowest BCUT2D eigenvalue weighted by Gasteiger charge is -2.32. The Labute approximate surface area is 131 Å². The van der Waals surface area contributed by atoms with Gasteiger partial charge < -0.3 is 10.1 Å². The maximum Gasteiger partial charge on any atom is 0.339 e. The molecule has 1 aliphatic heterocycles. The van der Waals surface area contributed by atoms with Crippen LogP contribution in [0.2, 0.25) is 0 Å². The molecule has 22 heavy (non-hydrogen) atoms. The van der Waals surface area contributed by atoms with Crippen LogP contribution in [0, 0.1) is 6.92 Å². The van der Waals surface area contributed by atoms with E-state index >= 15 is 0 Å². The number of methoxy groups -OCH3 is 1. The lowest BCUT2D eigenvalue weighted by molar-refractivity contribution is 0.0596. The topological polar surface area (TPSA) is 75.7 Å². The lowest BCUT2D eigenvalue weighted by atomic mass is 10.1. The zero-order valence-corrected chi connectivity index (χ0v) is 13.9. The molecule has 1 N–H and O–H groups in total. The zero-order valence-electron chi connectivity index (χ0n) is 13.1. The third-order valence-corrected chi connectivity index (χ3v) is 5.87. The maximum absolute atomic E-state index is 12.9. The highest BCUT2D eigenvalue weighted by Gasteiger charge is 2.32. The van der Waals surface area contributed by atoms with Crippen LogP contribution in [0.5, 0.6) is 0 Å². The van der Waals surface area contributed by atoms with E-state index in [0.717, 1.165) is 18.4 Å². The molecule has 2 rings (SSSR count). The molecular weight excluding hydrogens is 304 g/mol. The van der Waals surface area contributed by atoms with E-state index in [1.54, 1.807) is 19.1 Å². The summed E-state index contributed by atoms with van der Waals surface area (Å²) in [6.07, 6.45) is 1.74. The third-order valence-electron chi connectivity index (χ3n) is 3.95. The molecule has 0 radical (unpaired) electrons. The number of nitrogens with one attached hydrogen (secondary N) is 1. The Morgan fingerprint density at radius 1 is 1.41 bits per heavy atom. The molecule has 122 valence electrons. The summed E-state index contributed by atoms with van der Waals surface area (Å²) in [5, 5.41) is 3.12. The largest absolute Gasteiger partial charge is 0.465 e. The molecule has 1 aromatic rings. The number of carbonyl (C=O) groups excluding carboxylic acids is 1. The van der Waals surface area contributed by atoms with Gasteiger partial charge in [0.1, 0.15) is 0 Å². The molecule has 0 aliphatic carbocycles. The van der Waals surface area contributed by atoms with E-state index in [4.69, 9.17) is 4.74 Å². The Bertz CT molecular complexity index is 658. The standard InChI is InChI=1S/C15H22N2O4S/c1-11-6-7-14(13(9-11)15(18)21-3)22(19,20)17-8-4-5-12(10-17)16-2/h6-7,9,12,16H,4-5,8,10H2,1-3H3. The van der Waals surface area contributed by atoms with Gasteiger partial charge >= 0.3 is 5.97 Å². The summed E-state index contributed by atoms with van der Waals surface area (Å²) in [5.41, 5.74) is 0.903. The summed E-state index contributed by atoms with van der Waals surface area (Å²) in [5.74, 6) is -0.635. The monoisotopic (exact) mass is 326 g/mol. The number of piperidine rings is 1. The molecule has 0 spiro atoms. The average Bonchev–Trinajstić information content (AvgIpc) is 2.53.